The molecule has 1 amide bonds. The maximum atomic E-state index is 11.4. The minimum absolute atomic E-state index is 0.0178. The number of anilines is 1. The molecule has 1 aromatic heterocycles. The van der Waals surface area contributed by atoms with Crippen LogP contribution in [0.3, 0.4) is 0 Å². The highest BCUT2D eigenvalue weighted by Crippen LogP contribution is 2.23. The van der Waals surface area contributed by atoms with E-state index < -0.39 is 0 Å². The average molecular weight is 231 g/mol. The highest BCUT2D eigenvalue weighted by atomic mass is 16.4. The quantitative estimate of drug-likeness (QED) is 0.880. The number of benzene rings is 1. The van der Waals surface area contributed by atoms with E-state index in [1.807, 2.05) is 32.0 Å². The van der Waals surface area contributed by atoms with Crippen molar-refractivity contribution in [2.24, 2.45) is 0 Å². The first kappa shape index (κ1) is 11.3. The van der Waals surface area contributed by atoms with Crippen LogP contribution in [-0.2, 0) is 4.79 Å². The van der Waals surface area contributed by atoms with Gasteiger partial charge in [0.15, 0.2) is 0 Å². The summed E-state index contributed by atoms with van der Waals surface area (Å²) in [5.74, 6) is 0.424. The highest BCUT2D eigenvalue weighted by molar-refractivity contribution is 5.91. The average Bonchev–Trinajstić information content (AvgIpc) is 2.85. The van der Waals surface area contributed by atoms with Crippen molar-refractivity contribution in [3.05, 3.63) is 30.2 Å². The zero-order valence-electron chi connectivity index (χ0n) is 9.73. The topological polar surface area (TPSA) is 68.0 Å². The Balaban J connectivity index is 2.33. The van der Waals surface area contributed by atoms with Crippen LogP contribution in [0.5, 0.6) is 0 Å². The summed E-state index contributed by atoms with van der Waals surface area (Å²) >= 11 is 0. The Bertz CT molecular complexity index is 521. The summed E-state index contributed by atoms with van der Waals surface area (Å²) in [6, 6.07) is 5.62. The van der Waals surface area contributed by atoms with Crippen molar-refractivity contribution in [3.63, 3.8) is 0 Å². The Morgan fingerprint density at radius 2 is 2.29 bits per heavy atom. The lowest BCUT2D eigenvalue weighted by atomic mass is 10.1. The number of aryl methyl sites for hydroxylation is 1. The van der Waals surface area contributed by atoms with E-state index in [0.717, 1.165) is 16.8 Å². The van der Waals surface area contributed by atoms with E-state index in [4.69, 9.17) is 4.42 Å². The predicted molar refractivity (Wildman–Crippen MR) is 63.4 cm³/mol. The molecular weight excluding hydrogens is 218 g/mol. The summed E-state index contributed by atoms with van der Waals surface area (Å²) in [4.78, 5) is 11.4. The number of amides is 1. The summed E-state index contributed by atoms with van der Waals surface area (Å²) in [5, 5.41) is 10.3. The molecule has 2 aromatic rings. The molecule has 1 heterocycles. The number of hydrogen-bond donors (Lipinski definition) is 1. The van der Waals surface area contributed by atoms with Crippen molar-refractivity contribution >= 4 is 11.6 Å². The van der Waals surface area contributed by atoms with E-state index in [1.54, 1.807) is 0 Å². The minimum Gasteiger partial charge on any atom is -0.423 e. The lowest BCUT2D eigenvalue weighted by molar-refractivity contribution is -0.115. The number of nitrogens with one attached hydrogen (secondary N) is 1. The van der Waals surface area contributed by atoms with Crippen LogP contribution in [0.4, 0.5) is 5.69 Å². The van der Waals surface area contributed by atoms with E-state index in [1.165, 1.54) is 6.39 Å². The third-order valence-electron chi connectivity index (χ3n) is 2.44. The molecular formula is C12H13N3O2. The van der Waals surface area contributed by atoms with Gasteiger partial charge in [0.25, 0.3) is 0 Å². The van der Waals surface area contributed by atoms with Gasteiger partial charge in [-0.05, 0) is 24.6 Å². The Morgan fingerprint density at radius 1 is 1.47 bits per heavy atom. The van der Waals surface area contributed by atoms with Crippen LogP contribution in [0.15, 0.2) is 29.0 Å². The van der Waals surface area contributed by atoms with E-state index in [9.17, 15) is 4.79 Å². The zero-order chi connectivity index (χ0) is 12.3. The largest absolute Gasteiger partial charge is 0.423 e. The molecule has 0 aliphatic carbocycles. The smallest absolute Gasteiger partial charge is 0.247 e. The van der Waals surface area contributed by atoms with Gasteiger partial charge in [-0.2, -0.15) is 0 Å². The molecule has 1 N–H and O–H groups in total. The molecule has 0 aliphatic rings. The number of carbonyl (C=O) groups is 1. The van der Waals surface area contributed by atoms with Crippen LogP contribution in [0.25, 0.3) is 11.5 Å². The fourth-order valence-corrected chi connectivity index (χ4v) is 1.43. The van der Waals surface area contributed by atoms with E-state index in [-0.39, 0.29) is 5.91 Å². The fraction of sp³-hybridized carbons (Fsp3) is 0.250. The van der Waals surface area contributed by atoms with Crippen LogP contribution in [0, 0.1) is 6.92 Å². The number of nitrogens with zero attached hydrogens (tertiary/aromatic N) is 2. The van der Waals surface area contributed by atoms with Crippen molar-refractivity contribution in [2.75, 3.05) is 5.32 Å². The van der Waals surface area contributed by atoms with Crippen LogP contribution in [0.2, 0.25) is 0 Å². The molecule has 0 radical (unpaired) electrons. The van der Waals surface area contributed by atoms with Crippen molar-refractivity contribution < 1.29 is 9.21 Å². The third kappa shape index (κ3) is 2.50. The van der Waals surface area contributed by atoms with Crippen molar-refractivity contribution in [3.8, 4) is 11.5 Å². The molecule has 88 valence electrons. The maximum Gasteiger partial charge on any atom is 0.247 e. The lowest BCUT2D eigenvalue weighted by Gasteiger charge is -2.08. The minimum atomic E-state index is -0.0178. The van der Waals surface area contributed by atoms with Gasteiger partial charge in [0, 0.05) is 17.7 Å². The first-order chi connectivity index (χ1) is 8.20. The Hall–Kier alpha value is -2.17. The Labute approximate surface area is 98.9 Å². The molecule has 0 spiro atoms. The van der Waals surface area contributed by atoms with Crippen molar-refractivity contribution in [1.29, 1.82) is 0 Å². The standard InChI is InChI=1S/C12H13N3O2/c1-3-11(16)14-10-6-9(5-4-8(10)2)12-15-13-7-17-12/h4-7H,3H2,1-2H3,(H,14,16). The number of hydrogen-bond acceptors (Lipinski definition) is 4. The van der Waals surface area contributed by atoms with Gasteiger partial charge in [0.2, 0.25) is 18.2 Å². The molecule has 0 atom stereocenters. The molecule has 5 heteroatoms. The fourth-order valence-electron chi connectivity index (χ4n) is 1.43. The molecule has 17 heavy (non-hydrogen) atoms. The van der Waals surface area contributed by atoms with Crippen LogP contribution in [0.1, 0.15) is 18.9 Å². The molecule has 0 aliphatic heterocycles. The molecule has 0 unspecified atom stereocenters. The molecule has 0 fully saturated rings. The lowest BCUT2D eigenvalue weighted by Crippen LogP contribution is -2.10. The monoisotopic (exact) mass is 231 g/mol. The van der Waals surface area contributed by atoms with Gasteiger partial charge in [0.05, 0.1) is 0 Å². The van der Waals surface area contributed by atoms with Crippen LogP contribution in [-0.4, -0.2) is 16.1 Å². The highest BCUT2D eigenvalue weighted by Gasteiger charge is 2.08. The second kappa shape index (κ2) is 4.78. The molecule has 2 rings (SSSR count). The van der Waals surface area contributed by atoms with E-state index >= 15 is 0 Å². The van der Waals surface area contributed by atoms with Gasteiger partial charge in [0.1, 0.15) is 0 Å². The Morgan fingerprint density at radius 3 is 2.94 bits per heavy atom. The van der Waals surface area contributed by atoms with Gasteiger partial charge >= 0.3 is 0 Å². The van der Waals surface area contributed by atoms with Crippen LogP contribution < -0.4 is 5.32 Å². The van der Waals surface area contributed by atoms with Gasteiger partial charge in [-0.1, -0.05) is 13.0 Å². The summed E-state index contributed by atoms with van der Waals surface area (Å²) in [6.45, 7) is 3.75. The summed E-state index contributed by atoms with van der Waals surface area (Å²) in [5.41, 5.74) is 2.56. The van der Waals surface area contributed by atoms with Crippen molar-refractivity contribution in [1.82, 2.24) is 10.2 Å². The van der Waals surface area contributed by atoms with Gasteiger partial charge in [-0.3, -0.25) is 4.79 Å². The number of aromatic nitrogens is 2. The molecule has 0 bridgehead atoms. The van der Waals surface area contributed by atoms with E-state index in [0.29, 0.717) is 12.3 Å². The molecule has 5 nitrogen and oxygen atoms in total. The van der Waals surface area contributed by atoms with E-state index in [2.05, 4.69) is 15.5 Å². The summed E-state index contributed by atoms with van der Waals surface area (Å²) in [6.07, 6.45) is 1.73. The predicted octanol–water partition coefficient (Wildman–Crippen LogP) is 2.39. The van der Waals surface area contributed by atoms with Crippen molar-refractivity contribution in [2.45, 2.75) is 20.3 Å². The second-order valence-corrected chi connectivity index (χ2v) is 3.68. The molecule has 0 saturated carbocycles. The second-order valence-electron chi connectivity index (χ2n) is 3.68. The Kier molecular flexibility index (Phi) is 3.18. The van der Waals surface area contributed by atoms with Gasteiger partial charge in [-0.15, -0.1) is 10.2 Å². The third-order valence-corrected chi connectivity index (χ3v) is 2.44. The first-order valence-corrected chi connectivity index (χ1v) is 5.37. The number of rotatable bonds is 3. The number of carbonyl (C=O) groups excluding carboxylic acids is 1. The van der Waals surface area contributed by atoms with Crippen LogP contribution >= 0.6 is 0 Å². The maximum absolute atomic E-state index is 11.4. The van der Waals surface area contributed by atoms with Gasteiger partial charge in [-0.25, -0.2) is 0 Å². The summed E-state index contributed by atoms with van der Waals surface area (Å²) < 4.78 is 5.11. The van der Waals surface area contributed by atoms with Gasteiger partial charge < -0.3 is 9.73 Å². The zero-order valence-corrected chi connectivity index (χ0v) is 9.73. The normalized spacial score (nSPS) is 10.2. The SMILES string of the molecule is CCC(=O)Nc1cc(-c2nnco2)ccc1C. The summed E-state index contributed by atoms with van der Waals surface area (Å²) in [7, 11) is 0. The molecule has 0 saturated heterocycles. The molecule has 1 aromatic carbocycles. The first-order valence-electron chi connectivity index (χ1n) is 5.37.